The topological polar surface area (TPSA) is 57.6 Å². The quantitative estimate of drug-likeness (QED) is 0.684. The molecule has 20 heavy (non-hydrogen) atoms. The molecule has 0 aliphatic carbocycles. The van der Waals surface area contributed by atoms with Gasteiger partial charge >= 0.3 is 5.97 Å². The number of benzene rings is 1. The van der Waals surface area contributed by atoms with Crippen molar-refractivity contribution in [1.29, 1.82) is 0 Å². The molecule has 0 bridgehead atoms. The van der Waals surface area contributed by atoms with Crippen molar-refractivity contribution >= 4 is 46.3 Å². The lowest BCUT2D eigenvalue weighted by molar-refractivity contribution is -0.140. The maximum atomic E-state index is 12.1. The van der Waals surface area contributed by atoms with Gasteiger partial charge in [0.2, 0.25) is 0 Å². The Morgan fingerprint density at radius 1 is 1.40 bits per heavy atom. The molecule has 0 atom stereocenters. The second-order valence-electron chi connectivity index (χ2n) is 4.26. The smallest absolute Gasteiger partial charge is 0.323 e. The summed E-state index contributed by atoms with van der Waals surface area (Å²) in [5.41, 5.74) is 2.12. The molecule has 0 spiro atoms. The monoisotopic (exact) mass is 307 g/mol. The van der Waals surface area contributed by atoms with E-state index in [1.54, 1.807) is 6.08 Å². The minimum Gasteiger partial charge on any atom is -0.480 e. The summed E-state index contributed by atoms with van der Waals surface area (Å²) in [4.78, 5) is 24.3. The molecule has 2 rings (SSSR count). The molecule has 0 saturated carbocycles. The molecular formula is C14H13NO3S2. The van der Waals surface area contributed by atoms with Gasteiger partial charge in [0.1, 0.15) is 10.9 Å². The van der Waals surface area contributed by atoms with Crippen LogP contribution in [0.3, 0.4) is 0 Å². The highest BCUT2D eigenvalue weighted by Crippen LogP contribution is 2.32. The van der Waals surface area contributed by atoms with Crippen molar-refractivity contribution in [3.63, 3.8) is 0 Å². The zero-order valence-electron chi connectivity index (χ0n) is 10.8. The van der Waals surface area contributed by atoms with Gasteiger partial charge in [-0.05, 0) is 23.6 Å². The van der Waals surface area contributed by atoms with Crippen molar-refractivity contribution in [2.45, 2.75) is 13.3 Å². The standard InChI is InChI=1S/C14H13NO3S2/c1-2-9-3-5-10(6-4-9)7-11-13(18)15(8-12(16)17)14(19)20-11/h3-7H,2,8H2,1H3,(H,16,17)/b11-7-. The summed E-state index contributed by atoms with van der Waals surface area (Å²) >= 11 is 6.17. The third kappa shape index (κ3) is 3.26. The van der Waals surface area contributed by atoms with Gasteiger partial charge in [0, 0.05) is 0 Å². The first-order valence-electron chi connectivity index (χ1n) is 6.07. The average Bonchev–Trinajstić information content (AvgIpc) is 2.67. The van der Waals surface area contributed by atoms with Crippen LogP contribution in [0.2, 0.25) is 0 Å². The van der Waals surface area contributed by atoms with Crippen molar-refractivity contribution in [2.24, 2.45) is 0 Å². The third-order valence-corrected chi connectivity index (χ3v) is 4.23. The number of thiocarbonyl (C=S) groups is 1. The predicted octanol–water partition coefficient (Wildman–Crippen LogP) is 2.53. The van der Waals surface area contributed by atoms with Crippen LogP contribution in [-0.2, 0) is 16.0 Å². The van der Waals surface area contributed by atoms with Crippen LogP contribution >= 0.6 is 24.0 Å². The first-order chi connectivity index (χ1) is 9.51. The molecule has 0 aromatic heterocycles. The number of carbonyl (C=O) groups excluding carboxylic acids is 1. The molecule has 1 fully saturated rings. The number of aryl methyl sites for hydroxylation is 1. The average molecular weight is 307 g/mol. The number of amides is 1. The molecular weight excluding hydrogens is 294 g/mol. The van der Waals surface area contributed by atoms with Crippen LogP contribution in [0, 0.1) is 0 Å². The molecule has 1 N–H and O–H groups in total. The van der Waals surface area contributed by atoms with Gasteiger partial charge in [0.25, 0.3) is 5.91 Å². The van der Waals surface area contributed by atoms with Gasteiger partial charge in [-0.25, -0.2) is 0 Å². The van der Waals surface area contributed by atoms with E-state index in [0.29, 0.717) is 4.91 Å². The van der Waals surface area contributed by atoms with E-state index in [-0.39, 0.29) is 10.2 Å². The number of hydrogen-bond acceptors (Lipinski definition) is 4. The number of carboxylic acids is 1. The van der Waals surface area contributed by atoms with Gasteiger partial charge in [0.05, 0.1) is 4.91 Å². The zero-order chi connectivity index (χ0) is 14.7. The van der Waals surface area contributed by atoms with Gasteiger partial charge in [-0.2, -0.15) is 0 Å². The van der Waals surface area contributed by atoms with Gasteiger partial charge in [-0.3, -0.25) is 14.5 Å². The lowest BCUT2D eigenvalue weighted by Crippen LogP contribution is -2.33. The number of thioether (sulfide) groups is 1. The summed E-state index contributed by atoms with van der Waals surface area (Å²) in [7, 11) is 0. The molecule has 4 nitrogen and oxygen atoms in total. The van der Waals surface area contributed by atoms with Crippen LogP contribution in [0.5, 0.6) is 0 Å². The Morgan fingerprint density at radius 2 is 2.05 bits per heavy atom. The van der Waals surface area contributed by atoms with E-state index < -0.39 is 12.5 Å². The number of rotatable bonds is 4. The molecule has 1 heterocycles. The largest absolute Gasteiger partial charge is 0.480 e. The Bertz CT molecular complexity index is 593. The molecule has 1 aromatic rings. The minimum atomic E-state index is -1.07. The van der Waals surface area contributed by atoms with E-state index in [0.717, 1.165) is 28.6 Å². The van der Waals surface area contributed by atoms with E-state index in [1.807, 2.05) is 24.3 Å². The number of hydrogen-bond donors (Lipinski definition) is 1. The first kappa shape index (κ1) is 14.7. The van der Waals surface area contributed by atoms with Crippen LogP contribution < -0.4 is 0 Å². The fourth-order valence-corrected chi connectivity index (χ4v) is 3.03. The summed E-state index contributed by atoms with van der Waals surface area (Å²) in [6.45, 7) is 1.68. The molecule has 1 aromatic carbocycles. The summed E-state index contributed by atoms with van der Waals surface area (Å²) in [6, 6.07) is 7.87. The summed E-state index contributed by atoms with van der Waals surface area (Å²) in [5.74, 6) is -1.42. The molecule has 1 amide bonds. The Morgan fingerprint density at radius 3 is 2.60 bits per heavy atom. The Labute approximate surface area is 126 Å². The third-order valence-electron chi connectivity index (χ3n) is 2.85. The van der Waals surface area contributed by atoms with E-state index in [9.17, 15) is 9.59 Å². The number of nitrogens with zero attached hydrogens (tertiary/aromatic N) is 1. The highest BCUT2D eigenvalue weighted by atomic mass is 32.2. The van der Waals surface area contributed by atoms with Gasteiger partial charge in [0.15, 0.2) is 0 Å². The summed E-state index contributed by atoms with van der Waals surface area (Å²) in [6.07, 6.45) is 2.70. The second-order valence-corrected chi connectivity index (χ2v) is 5.93. The molecule has 1 saturated heterocycles. The number of carbonyl (C=O) groups is 2. The number of carboxylic acid groups (broad SMARTS) is 1. The van der Waals surface area contributed by atoms with E-state index >= 15 is 0 Å². The summed E-state index contributed by atoms with van der Waals surface area (Å²) < 4.78 is 0.286. The molecule has 1 aliphatic heterocycles. The molecule has 6 heteroatoms. The Kier molecular flexibility index (Phi) is 4.57. The fraction of sp³-hybridized carbons (Fsp3) is 0.214. The van der Waals surface area contributed by atoms with Crippen molar-refractivity contribution in [3.8, 4) is 0 Å². The minimum absolute atomic E-state index is 0.286. The molecule has 1 aliphatic rings. The lowest BCUT2D eigenvalue weighted by Gasteiger charge is -2.10. The van der Waals surface area contributed by atoms with Crippen molar-refractivity contribution in [1.82, 2.24) is 4.90 Å². The highest BCUT2D eigenvalue weighted by Gasteiger charge is 2.33. The first-order valence-corrected chi connectivity index (χ1v) is 7.30. The number of aliphatic carboxylic acids is 1. The normalized spacial score (nSPS) is 17.1. The van der Waals surface area contributed by atoms with Crippen LogP contribution in [0.4, 0.5) is 0 Å². The molecule has 104 valence electrons. The van der Waals surface area contributed by atoms with Gasteiger partial charge < -0.3 is 5.11 Å². The highest BCUT2D eigenvalue weighted by molar-refractivity contribution is 8.26. The van der Waals surface area contributed by atoms with Crippen molar-refractivity contribution in [3.05, 3.63) is 40.3 Å². The Hall–Kier alpha value is -1.66. The Balaban J connectivity index is 2.20. The second kappa shape index (κ2) is 6.19. The maximum Gasteiger partial charge on any atom is 0.323 e. The van der Waals surface area contributed by atoms with Crippen molar-refractivity contribution < 1.29 is 14.7 Å². The summed E-state index contributed by atoms with van der Waals surface area (Å²) in [5, 5.41) is 8.76. The SMILES string of the molecule is CCc1ccc(/C=C2\SC(=S)N(CC(=O)O)C2=O)cc1. The van der Waals surface area contributed by atoms with E-state index in [1.165, 1.54) is 5.56 Å². The molecule has 0 radical (unpaired) electrons. The van der Waals surface area contributed by atoms with Gasteiger partial charge in [-0.1, -0.05) is 55.2 Å². The maximum absolute atomic E-state index is 12.1. The van der Waals surface area contributed by atoms with Crippen LogP contribution in [0.1, 0.15) is 18.1 Å². The van der Waals surface area contributed by atoms with Crippen molar-refractivity contribution in [2.75, 3.05) is 6.54 Å². The lowest BCUT2D eigenvalue weighted by atomic mass is 10.1. The fourth-order valence-electron chi connectivity index (χ4n) is 1.77. The van der Waals surface area contributed by atoms with E-state index in [2.05, 4.69) is 6.92 Å². The van der Waals surface area contributed by atoms with Crippen LogP contribution in [0.25, 0.3) is 6.08 Å². The van der Waals surface area contributed by atoms with E-state index in [4.69, 9.17) is 17.3 Å². The van der Waals surface area contributed by atoms with Crippen LogP contribution in [-0.4, -0.2) is 32.7 Å². The predicted molar refractivity (Wildman–Crippen MR) is 83.3 cm³/mol. The van der Waals surface area contributed by atoms with Crippen LogP contribution in [0.15, 0.2) is 29.2 Å². The van der Waals surface area contributed by atoms with Gasteiger partial charge in [-0.15, -0.1) is 0 Å². The zero-order valence-corrected chi connectivity index (χ0v) is 12.5. The molecule has 0 unspecified atom stereocenters.